The molecule has 1 unspecified atom stereocenters. The summed E-state index contributed by atoms with van der Waals surface area (Å²) in [6.07, 6.45) is 3.22. The van der Waals surface area contributed by atoms with Crippen molar-refractivity contribution in [2.24, 2.45) is 5.92 Å². The lowest BCUT2D eigenvalue weighted by Gasteiger charge is -2.31. The van der Waals surface area contributed by atoms with E-state index in [0.29, 0.717) is 49.1 Å². The third-order valence-electron chi connectivity index (χ3n) is 8.00. The number of ether oxygens (including phenoxy) is 2. The molecule has 1 saturated carbocycles. The van der Waals surface area contributed by atoms with Gasteiger partial charge in [0.15, 0.2) is 0 Å². The molecule has 13 nitrogen and oxygen atoms in total. The zero-order valence-corrected chi connectivity index (χ0v) is 26.0. The Morgan fingerprint density at radius 2 is 1.70 bits per heavy atom. The monoisotopic (exact) mass is 658 g/mol. The first-order chi connectivity index (χ1) is 22.5. The van der Waals surface area contributed by atoms with Crippen LogP contribution in [0.4, 0.5) is 24.8 Å². The number of nitrogens with zero attached hydrogens (tertiary/aromatic N) is 5. The number of benzene rings is 1. The van der Waals surface area contributed by atoms with Crippen molar-refractivity contribution in [1.82, 2.24) is 30.6 Å². The van der Waals surface area contributed by atoms with Crippen molar-refractivity contribution in [3.05, 3.63) is 69.9 Å². The number of rotatable bonds is 12. The number of alkyl halides is 3. The Balaban J connectivity index is 1.04. The van der Waals surface area contributed by atoms with Crippen LogP contribution in [0.5, 0.6) is 5.75 Å². The summed E-state index contributed by atoms with van der Waals surface area (Å²) in [4.78, 5) is 48.6. The van der Waals surface area contributed by atoms with Crippen LogP contribution in [0.3, 0.4) is 0 Å². The zero-order chi connectivity index (χ0) is 33.6. The highest BCUT2D eigenvalue weighted by atomic mass is 19.4. The normalized spacial score (nSPS) is 16.0. The van der Waals surface area contributed by atoms with Gasteiger partial charge in [-0.15, -0.1) is 0 Å². The Morgan fingerprint density at radius 1 is 1.02 bits per heavy atom. The molecule has 1 aliphatic heterocycles. The predicted octanol–water partition coefficient (Wildman–Crippen LogP) is 2.87. The molecule has 2 aliphatic rings. The molecule has 0 spiro atoms. The number of nitrogens with one attached hydrogen (secondary N) is 3. The van der Waals surface area contributed by atoms with E-state index in [1.807, 2.05) is 17.3 Å². The van der Waals surface area contributed by atoms with Gasteiger partial charge in [-0.3, -0.25) is 25.2 Å². The maximum absolute atomic E-state index is 13.9. The Kier molecular flexibility index (Phi) is 10.6. The molecule has 0 radical (unpaired) electrons. The molecule has 2 fully saturated rings. The number of piperidine rings is 1. The van der Waals surface area contributed by atoms with Gasteiger partial charge >= 0.3 is 6.18 Å². The van der Waals surface area contributed by atoms with E-state index in [1.165, 1.54) is 26.9 Å². The Hall–Kier alpha value is -4.73. The lowest BCUT2D eigenvalue weighted by molar-refractivity contribution is -0.138. The molecule has 252 valence electrons. The number of carbonyl (C=O) groups excluding carboxylic acids is 2. The van der Waals surface area contributed by atoms with E-state index >= 15 is 0 Å². The molecular weight excluding hydrogens is 621 g/mol. The van der Waals surface area contributed by atoms with Gasteiger partial charge in [0.25, 0.3) is 11.5 Å². The lowest BCUT2D eigenvalue weighted by Crippen LogP contribution is -2.48. The van der Waals surface area contributed by atoms with Crippen molar-refractivity contribution in [1.29, 1.82) is 0 Å². The molecule has 2 aromatic heterocycles. The van der Waals surface area contributed by atoms with Crippen LogP contribution in [0.2, 0.25) is 0 Å². The maximum atomic E-state index is 13.9. The van der Waals surface area contributed by atoms with Gasteiger partial charge in [-0.2, -0.15) is 18.3 Å². The second-order valence-electron chi connectivity index (χ2n) is 11.7. The van der Waals surface area contributed by atoms with Crippen LogP contribution in [0.1, 0.15) is 55.2 Å². The average Bonchev–Trinajstić information content (AvgIpc) is 3.91. The molecule has 1 aromatic carbocycles. The van der Waals surface area contributed by atoms with Crippen molar-refractivity contribution in [2.75, 3.05) is 43.6 Å². The number of anilines is 2. The fraction of sp³-hybridized carbons (Fsp3) is 0.484. The van der Waals surface area contributed by atoms with Gasteiger partial charge in [0.05, 0.1) is 32.1 Å². The van der Waals surface area contributed by atoms with Gasteiger partial charge in [-0.1, -0.05) is 12.1 Å². The average molecular weight is 659 g/mol. The molecule has 1 atom stereocenters. The van der Waals surface area contributed by atoms with Crippen LogP contribution in [0.25, 0.3) is 0 Å². The number of hydrogen-bond acceptors (Lipinski definition) is 10. The number of carbonyl (C=O) groups is 2. The second-order valence-corrected chi connectivity index (χ2v) is 11.7. The molecule has 47 heavy (non-hydrogen) atoms. The molecule has 1 saturated heterocycles. The summed E-state index contributed by atoms with van der Waals surface area (Å²) in [5, 5.41) is 6.52. The predicted molar refractivity (Wildman–Crippen MR) is 165 cm³/mol. The van der Waals surface area contributed by atoms with E-state index < -0.39 is 41.5 Å². The maximum Gasteiger partial charge on any atom is 0.423 e. The Morgan fingerprint density at radius 3 is 2.32 bits per heavy atom. The molecule has 16 heteroatoms. The van der Waals surface area contributed by atoms with Crippen molar-refractivity contribution >= 4 is 23.5 Å². The van der Waals surface area contributed by atoms with Crippen LogP contribution >= 0.6 is 0 Å². The SMILES string of the molecule is COc1ccc(Cn2ncc(NC(C)COCC(=O)NNC(=O)C3CCN(c4ncc(C5CC5)cn4)CC3)c(C(F)(F)F)c2=O)cc1. The van der Waals surface area contributed by atoms with Gasteiger partial charge in [0.2, 0.25) is 11.9 Å². The smallest absolute Gasteiger partial charge is 0.423 e. The molecule has 5 rings (SSSR count). The number of aromatic nitrogens is 4. The van der Waals surface area contributed by atoms with Crippen LogP contribution in [-0.2, 0) is 27.0 Å². The number of methoxy groups -OCH3 is 1. The fourth-order valence-electron chi connectivity index (χ4n) is 5.26. The van der Waals surface area contributed by atoms with E-state index in [4.69, 9.17) is 9.47 Å². The summed E-state index contributed by atoms with van der Waals surface area (Å²) in [6.45, 7) is 1.95. The highest BCUT2D eigenvalue weighted by Gasteiger charge is 2.38. The van der Waals surface area contributed by atoms with Gasteiger partial charge in [0, 0.05) is 37.4 Å². The number of hydrazine groups is 1. The third-order valence-corrected chi connectivity index (χ3v) is 8.00. The summed E-state index contributed by atoms with van der Waals surface area (Å²) in [5.74, 6) is 0.526. The highest BCUT2D eigenvalue weighted by molar-refractivity contribution is 5.84. The Bertz CT molecular complexity index is 1590. The van der Waals surface area contributed by atoms with Crippen molar-refractivity contribution < 1.29 is 32.2 Å². The minimum absolute atomic E-state index is 0.167. The van der Waals surface area contributed by atoms with Crippen molar-refractivity contribution in [3.8, 4) is 5.75 Å². The number of halogens is 3. The van der Waals surface area contributed by atoms with Gasteiger partial charge < -0.3 is 19.7 Å². The molecule has 0 bridgehead atoms. The zero-order valence-electron chi connectivity index (χ0n) is 26.0. The van der Waals surface area contributed by atoms with Crippen LogP contribution < -0.4 is 31.4 Å². The fourth-order valence-corrected chi connectivity index (χ4v) is 5.26. The van der Waals surface area contributed by atoms with Gasteiger partial charge in [-0.25, -0.2) is 14.6 Å². The van der Waals surface area contributed by atoms with Crippen LogP contribution in [0.15, 0.2) is 47.7 Å². The first kappa shape index (κ1) is 33.6. The quantitative estimate of drug-likeness (QED) is 0.248. The largest absolute Gasteiger partial charge is 0.497 e. The Labute approximate surface area is 268 Å². The van der Waals surface area contributed by atoms with Gasteiger partial charge in [-0.05, 0) is 61.8 Å². The molecule has 2 amide bonds. The molecule has 1 aliphatic carbocycles. The first-order valence-corrected chi connectivity index (χ1v) is 15.3. The highest BCUT2D eigenvalue weighted by Crippen LogP contribution is 2.39. The second kappa shape index (κ2) is 14.8. The van der Waals surface area contributed by atoms with E-state index in [-0.39, 0.29) is 25.0 Å². The van der Waals surface area contributed by atoms with E-state index in [9.17, 15) is 27.6 Å². The summed E-state index contributed by atoms with van der Waals surface area (Å²) < 4.78 is 52.9. The minimum Gasteiger partial charge on any atom is -0.497 e. The van der Waals surface area contributed by atoms with Crippen LogP contribution in [-0.4, -0.2) is 71.0 Å². The van der Waals surface area contributed by atoms with Crippen LogP contribution in [0, 0.1) is 5.92 Å². The standard InChI is InChI=1S/C31H37F3N8O5/c1-19(38-25-15-37-42(29(45)27(25)31(32,33)34)16-20-3-7-24(46-2)8-4-20)17-47-18-26(43)39-40-28(44)22-9-11-41(12-10-22)30-35-13-23(14-36-30)21-5-6-21/h3-4,7-8,13-15,19,21-22,38H,5-6,9-12,16-18H2,1-2H3,(H,39,43)(H,40,44). The minimum atomic E-state index is -4.95. The summed E-state index contributed by atoms with van der Waals surface area (Å²) in [7, 11) is 1.49. The third kappa shape index (κ3) is 8.96. The molecular formula is C31H37F3N8O5. The van der Waals surface area contributed by atoms with E-state index in [0.717, 1.165) is 16.4 Å². The lowest BCUT2D eigenvalue weighted by atomic mass is 9.96. The topological polar surface area (TPSA) is 153 Å². The summed E-state index contributed by atoms with van der Waals surface area (Å²) >= 11 is 0. The van der Waals surface area contributed by atoms with E-state index in [1.54, 1.807) is 24.3 Å². The van der Waals surface area contributed by atoms with E-state index in [2.05, 4.69) is 31.2 Å². The number of hydrogen-bond donors (Lipinski definition) is 3. The first-order valence-electron chi connectivity index (χ1n) is 15.3. The summed E-state index contributed by atoms with van der Waals surface area (Å²) in [6, 6.07) is 5.79. The molecule has 3 aromatic rings. The summed E-state index contributed by atoms with van der Waals surface area (Å²) in [5.41, 5.74) is 3.24. The molecule has 3 heterocycles. The number of amides is 2. The van der Waals surface area contributed by atoms with Gasteiger partial charge in [0.1, 0.15) is 17.9 Å². The van der Waals surface area contributed by atoms with Crippen molar-refractivity contribution in [3.63, 3.8) is 0 Å². The van der Waals surface area contributed by atoms with Crippen molar-refractivity contribution in [2.45, 2.75) is 57.3 Å². The molecule has 3 N–H and O–H groups in total.